The number of hydrogen-bond donors (Lipinski definition) is 2. The van der Waals surface area contributed by atoms with E-state index in [2.05, 4.69) is 49.8 Å². The van der Waals surface area contributed by atoms with Gasteiger partial charge in [0.05, 0.1) is 12.0 Å². The maximum absolute atomic E-state index is 12.5. The summed E-state index contributed by atoms with van der Waals surface area (Å²) in [5, 5.41) is 10.8. The van der Waals surface area contributed by atoms with Gasteiger partial charge in [0.2, 0.25) is 5.28 Å². The Morgan fingerprint density at radius 2 is 1.81 bits per heavy atom. The van der Waals surface area contributed by atoms with Crippen molar-refractivity contribution in [3.05, 3.63) is 17.5 Å². The van der Waals surface area contributed by atoms with E-state index in [1.54, 1.807) is 0 Å². The Bertz CT molecular complexity index is 1430. The van der Waals surface area contributed by atoms with E-state index in [0.29, 0.717) is 17.5 Å². The summed E-state index contributed by atoms with van der Waals surface area (Å²) in [7, 11) is -2.31. The van der Waals surface area contributed by atoms with Crippen molar-refractivity contribution >= 4 is 42.9 Å². The highest BCUT2D eigenvalue weighted by Crippen LogP contribution is 2.63. The van der Waals surface area contributed by atoms with Gasteiger partial charge in [-0.05, 0) is 110 Å². The molecule has 4 bridgehead atoms. The van der Waals surface area contributed by atoms with Crippen LogP contribution in [-0.2, 0) is 13.9 Å². The third kappa shape index (κ3) is 5.24. The molecule has 7 rings (SSSR count). The van der Waals surface area contributed by atoms with Gasteiger partial charge < -0.3 is 29.3 Å². The fraction of sp³-hybridized carbons (Fsp3) is 0.719. The van der Waals surface area contributed by atoms with E-state index in [1.165, 1.54) is 38.5 Å². The van der Waals surface area contributed by atoms with Crippen LogP contribution in [0.15, 0.2) is 12.3 Å². The number of nitrogens with two attached hydrogens (primary N) is 1. The molecule has 2 aromatic heterocycles. The Labute approximate surface area is 260 Å². The molecule has 0 unspecified atom stereocenters. The zero-order chi connectivity index (χ0) is 31.0. The molecule has 43 heavy (non-hydrogen) atoms. The van der Waals surface area contributed by atoms with Gasteiger partial charge in [0.25, 0.3) is 0 Å². The molecule has 0 radical (unpaired) electrons. The van der Waals surface area contributed by atoms with Gasteiger partial charge in [0, 0.05) is 12.6 Å². The molecule has 3 atom stereocenters. The molecule has 2 aromatic rings. The van der Waals surface area contributed by atoms with Gasteiger partial charge in [-0.15, -0.1) is 6.42 Å². The molecule has 3 heterocycles. The number of hydrogen-bond acceptors (Lipinski definition) is 7. The molecule has 1 saturated heterocycles. The molecule has 5 fully saturated rings. The van der Waals surface area contributed by atoms with Gasteiger partial charge in [-0.3, -0.25) is 0 Å². The van der Waals surface area contributed by atoms with Gasteiger partial charge in [-0.1, -0.05) is 26.7 Å². The summed E-state index contributed by atoms with van der Waals surface area (Å²) in [5.74, 6) is 5.49. The van der Waals surface area contributed by atoms with Crippen LogP contribution in [0.2, 0.25) is 23.4 Å². The molecule has 9 nitrogen and oxygen atoms in total. The molecule has 0 amide bonds. The minimum atomic E-state index is -2.31. The minimum absolute atomic E-state index is 0.0160. The second-order valence-corrected chi connectivity index (χ2v) is 20.6. The average molecular weight is 629 g/mol. The van der Waals surface area contributed by atoms with E-state index >= 15 is 0 Å². The lowest BCUT2D eigenvalue weighted by Crippen LogP contribution is -2.58. The van der Waals surface area contributed by atoms with Crippen molar-refractivity contribution in [1.82, 2.24) is 14.5 Å². The molecule has 5 aliphatic rings. The van der Waals surface area contributed by atoms with E-state index in [1.807, 2.05) is 16.8 Å². The zero-order valence-electron chi connectivity index (χ0n) is 26.0. The topological polar surface area (TPSA) is 122 Å². The van der Waals surface area contributed by atoms with Crippen LogP contribution in [0.1, 0.15) is 84.8 Å². The van der Waals surface area contributed by atoms with Gasteiger partial charge in [-0.2, -0.15) is 4.98 Å². The molecule has 11 heteroatoms. The fourth-order valence-electron chi connectivity index (χ4n) is 8.83. The fourth-order valence-corrected chi connectivity index (χ4v) is 9.99. The summed E-state index contributed by atoms with van der Waals surface area (Å²) in [4.78, 5) is 21.0. The van der Waals surface area contributed by atoms with Crippen LogP contribution in [0.4, 0.5) is 10.6 Å². The lowest BCUT2D eigenvalue weighted by molar-refractivity contribution is -0.145. The summed E-state index contributed by atoms with van der Waals surface area (Å²) in [6.07, 6.45) is 15.3. The van der Waals surface area contributed by atoms with Crippen LogP contribution in [0.5, 0.6) is 0 Å². The number of nitrogen functional groups attached to an aromatic ring is 1. The predicted octanol–water partition coefficient (Wildman–Crippen LogP) is 7.41. The molecule has 4 aliphatic carbocycles. The average Bonchev–Trinajstić information content (AvgIpc) is 3.44. The van der Waals surface area contributed by atoms with Crippen LogP contribution in [-0.4, -0.2) is 51.9 Å². The van der Waals surface area contributed by atoms with Crippen molar-refractivity contribution in [2.45, 2.75) is 114 Å². The summed E-state index contributed by atoms with van der Waals surface area (Å²) < 4.78 is 21.3. The lowest BCUT2D eigenvalue weighted by Gasteiger charge is -2.57. The highest BCUT2D eigenvalue weighted by molar-refractivity contribution is 6.74. The van der Waals surface area contributed by atoms with Gasteiger partial charge >= 0.3 is 6.16 Å². The normalized spacial score (nSPS) is 35.4. The third-order valence-electron chi connectivity index (χ3n) is 11.6. The predicted molar refractivity (Wildman–Crippen MR) is 168 cm³/mol. The number of carbonyl (C=O) groups is 1. The number of fused-ring (bicyclic) bond motifs is 1. The molecule has 1 aliphatic heterocycles. The van der Waals surface area contributed by atoms with Crippen LogP contribution in [0.3, 0.4) is 0 Å². The van der Waals surface area contributed by atoms with E-state index < -0.39 is 31.9 Å². The molecule has 4 saturated carbocycles. The number of rotatable bonds is 8. The Balaban J connectivity index is 1.40. The van der Waals surface area contributed by atoms with E-state index in [0.717, 1.165) is 24.2 Å². The molecular formula is C32H45ClN4O5Si. The monoisotopic (exact) mass is 628 g/mol. The number of terminal acetylenes is 1. The van der Waals surface area contributed by atoms with Crippen molar-refractivity contribution in [2.75, 3.05) is 12.3 Å². The number of aromatic nitrogens is 3. The van der Waals surface area contributed by atoms with E-state index in [-0.39, 0.29) is 34.6 Å². The van der Waals surface area contributed by atoms with Gasteiger partial charge in [0.1, 0.15) is 17.7 Å². The van der Waals surface area contributed by atoms with E-state index in [9.17, 15) is 9.90 Å². The first-order valence-electron chi connectivity index (χ1n) is 15.6. The lowest BCUT2D eigenvalue weighted by atomic mass is 9.48. The van der Waals surface area contributed by atoms with E-state index in [4.69, 9.17) is 37.7 Å². The van der Waals surface area contributed by atoms with Crippen LogP contribution in [0.25, 0.3) is 11.0 Å². The maximum atomic E-state index is 12.5. The molecule has 234 valence electrons. The third-order valence-corrected chi connectivity index (χ3v) is 16.3. The first-order chi connectivity index (χ1) is 20.1. The largest absolute Gasteiger partial charge is 0.506 e. The quantitative estimate of drug-likeness (QED) is 0.134. The van der Waals surface area contributed by atoms with Gasteiger partial charge in [0.15, 0.2) is 19.5 Å². The molecule has 0 spiro atoms. The van der Waals surface area contributed by atoms with Crippen LogP contribution in [0, 0.1) is 35.5 Å². The smallest absolute Gasteiger partial charge is 0.450 e. The zero-order valence-corrected chi connectivity index (χ0v) is 27.7. The number of nitrogens with zero attached hydrogens (tertiary/aromatic N) is 3. The molecular weight excluding hydrogens is 584 g/mol. The van der Waals surface area contributed by atoms with Crippen molar-refractivity contribution in [3.63, 3.8) is 0 Å². The highest BCUT2D eigenvalue weighted by atomic mass is 35.5. The van der Waals surface area contributed by atoms with Crippen molar-refractivity contribution in [3.8, 4) is 12.3 Å². The summed E-state index contributed by atoms with van der Waals surface area (Å²) in [6.45, 7) is 10.8. The summed E-state index contributed by atoms with van der Waals surface area (Å²) >= 11 is 6.20. The second kappa shape index (κ2) is 10.4. The van der Waals surface area contributed by atoms with Crippen LogP contribution < -0.4 is 5.73 Å². The molecule has 3 N–H and O–H groups in total. The van der Waals surface area contributed by atoms with Crippen molar-refractivity contribution in [1.29, 1.82) is 0 Å². The molecule has 0 aromatic carbocycles. The number of halogens is 1. The second-order valence-electron chi connectivity index (χ2n) is 15.4. The first-order valence-corrected chi connectivity index (χ1v) is 18.9. The first kappa shape index (κ1) is 30.7. The van der Waals surface area contributed by atoms with Crippen molar-refractivity contribution in [2.24, 2.45) is 23.2 Å². The Morgan fingerprint density at radius 3 is 2.37 bits per heavy atom. The Morgan fingerprint density at radius 1 is 1.19 bits per heavy atom. The number of anilines is 1. The maximum Gasteiger partial charge on any atom is 0.506 e. The minimum Gasteiger partial charge on any atom is -0.450 e. The Hall–Kier alpha value is -2.32. The number of ether oxygens (including phenoxy) is 2. The standard InChI is InChI=1S/C32H45ClN4O5Si/c1-7-31(19-40-43(5,6)29(2,3)4)32(42-28(38)39,10-9-30-15-20-12-21(16-30)14-22(13-20)17-30)18-24(41-31)37-11-8-23-25(34)35-27(33)36-26(23)37/h1,8,11,20-22,24H,9-10,12-19H2,2-6H3,(H,38,39)(H2,34,35,36)/t20?,21?,22?,24-,30?,31-,32+/m1/s1. The number of carboxylic acid groups (broad SMARTS) is 1. The Kier molecular flexibility index (Phi) is 7.40. The SMILES string of the molecule is C#C[C@]1(CO[Si](C)(C)C(C)(C)C)O[C@@H](n2ccc3c(N)nc(Cl)nc32)C[C@]1(CCC12CC3CC(CC(C3)C1)C2)OC(=O)O. The van der Waals surface area contributed by atoms with Crippen LogP contribution >= 0.6 is 11.6 Å². The van der Waals surface area contributed by atoms with Gasteiger partial charge in [-0.25, -0.2) is 9.78 Å². The summed E-state index contributed by atoms with van der Waals surface area (Å²) in [6, 6.07) is 1.81. The van der Waals surface area contributed by atoms with Crippen molar-refractivity contribution < 1.29 is 23.8 Å². The summed E-state index contributed by atoms with van der Waals surface area (Å²) in [5.41, 5.74) is 4.06. The highest BCUT2D eigenvalue weighted by Gasteiger charge is 2.64.